The Morgan fingerprint density at radius 1 is 0.640 bits per heavy atom. The predicted molar refractivity (Wildman–Crippen MR) is 106 cm³/mol. The van der Waals surface area contributed by atoms with Gasteiger partial charge in [-0.15, -0.1) is 0 Å². The zero-order valence-corrected chi connectivity index (χ0v) is 19.7. The molecule has 0 saturated heterocycles. The molecule has 1 unspecified atom stereocenters. The second kappa shape index (κ2) is 21.1. The first-order valence-electron chi connectivity index (χ1n) is 10.6. The van der Waals surface area contributed by atoms with E-state index in [9.17, 15) is 9.46 Å². The SMILES string of the molecule is CCCCCCCCCCOP(=O)(O)CCCCCCCCCC.[Mo]. The van der Waals surface area contributed by atoms with Crippen LogP contribution in [0, 0.1) is 0 Å². The topological polar surface area (TPSA) is 46.5 Å². The largest absolute Gasteiger partial charge is 0.328 e. The van der Waals surface area contributed by atoms with Crippen LogP contribution in [-0.2, 0) is 30.2 Å². The van der Waals surface area contributed by atoms with Gasteiger partial charge in [0.05, 0.1) is 6.61 Å². The molecule has 5 heteroatoms. The van der Waals surface area contributed by atoms with Gasteiger partial charge in [-0.05, 0) is 12.8 Å². The van der Waals surface area contributed by atoms with E-state index in [-0.39, 0.29) is 21.1 Å². The molecule has 1 atom stereocenters. The molecule has 0 fully saturated rings. The van der Waals surface area contributed by atoms with Crippen molar-refractivity contribution < 1.29 is 35.0 Å². The van der Waals surface area contributed by atoms with Crippen molar-refractivity contribution in [2.75, 3.05) is 12.8 Å². The molecular weight excluding hydrogens is 415 g/mol. The van der Waals surface area contributed by atoms with Crippen LogP contribution >= 0.6 is 7.60 Å². The predicted octanol–water partition coefficient (Wildman–Crippen LogP) is 7.47. The first-order valence-corrected chi connectivity index (χ1v) is 12.3. The molecule has 0 aliphatic rings. The second-order valence-corrected chi connectivity index (χ2v) is 9.12. The van der Waals surface area contributed by atoms with Gasteiger partial charge < -0.3 is 9.42 Å². The molecule has 0 saturated carbocycles. The third kappa shape index (κ3) is 22.8. The minimum absolute atomic E-state index is 0. The Balaban J connectivity index is 0. The number of hydrogen-bond donors (Lipinski definition) is 1. The Morgan fingerprint density at radius 2 is 1.00 bits per heavy atom. The molecule has 0 aromatic carbocycles. The van der Waals surface area contributed by atoms with E-state index in [0.717, 1.165) is 25.7 Å². The number of rotatable bonds is 19. The first-order chi connectivity index (χ1) is 11.6. The fourth-order valence-corrected chi connectivity index (χ4v) is 4.12. The molecular formula is C20H43MoO3P. The molecule has 0 aliphatic carbocycles. The van der Waals surface area contributed by atoms with Crippen LogP contribution in [0.1, 0.15) is 117 Å². The molecule has 1 N–H and O–H groups in total. The molecule has 0 radical (unpaired) electrons. The summed E-state index contributed by atoms with van der Waals surface area (Å²) in [4.78, 5) is 9.82. The van der Waals surface area contributed by atoms with Crippen molar-refractivity contribution in [1.82, 2.24) is 0 Å². The van der Waals surface area contributed by atoms with Gasteiger partial charge in [-0.3, -0.25) is 4.57 Å². The van der Waals surface area contributed by atoms with Crippen molar-refractivity contribution in [3.63, 3.8) is 0 Å². The molecule has 0 aromatic heterocycles. The quantitative estimate of drug-likeness (QED) is 0.124. The maximum atomic E-state index is 11.9. The summed E-state index contributed by atoms with van der Waals surface area (Å²) in [5.74, 6) is 0. The Hall–Kier alpha value is 0.838. The Labute approximate surface area is 171 Å². The summed E-state index contributed by atoms with van der Waals surface area (Å²) in [6.45, 7) is 4.91. The molecule has 25 heavy (non-hydrogen) atoms. The van der Waals surface area contributed by atoms with Crippen molar-refractivity contribution >= 4 is 7.60 Å². The first kappa shape index (κ1) is 28.1. The normalized spacial score (nSPS) is 13.4. The summed E-state index contributed by atoms with van der Waals surface area (Å²) in [6.07, 6.45) is 19.7. The van der Waals surface area contributed by atoms with Gasteiger partial charge in [0.1, 0.15) is 0 Å². The van der Waals surface area contributed by atoms with Gasteiger partial charge in [0.25, 0.3) is 0 Å². The van der Waals surface area contributed by atoms with E-state index in [1.807, 2.05) is 0 Å². The van der Waals surface area contributed by atoms with E-state index in [4.69, 9.17) is 4.52 Å². The maximum Gasteiger partial charge on any atom is 0.328 e. The summed E-state index contributed by atoms with van der Waals surface area (Å²) in [5, 5.41) is 0. The number of unbranched alkanes of at least 4 members (excludes halogenated alkanes) is 14. The van der Waals surface area contributed by atoms with Crippen LogP contribution < -0.4 is 0 Å². The van der Waals surface area contributed by atoms with Crippen LogP contribution in [0.5, 0.6) is 0 Å². The van der Waals surface area contributed by atoms with Gasteiger partial charge in [-0.2, -0.15) is 0 Å². The van der Waals surface area contributed by atoms with Gasteiger partial charge in [0.15, 0.2) is 0 Å². The summed E-state index contributed by atoms with van der Waals surface area (Å²) < 4.78 is 17.2. The summed E-state index contributed by atoms with van der Waals surface area (Å²) in [7, 11) is -3.33. The van der Waals surface area contributed by atoms with E-state index in [1.54, 1.807) is 0 Å². The minimum Gasteiger partial charge on any atom is -0.324 e. The van der Waals surface area contributed by atoms with Crippen LogP contribution in [0.15, 0.2) is 0 Å². The molecule has 0 spiro atoms. The van der Waals surface area contributed by atoms with Gasteiger partial charge in [-0.25, -0.2) is 0 Å². The van der Waals surface area contributed by atoms with Crippen LogP contribution in [0.2, 0.25) is 0 Å². The average molecular weight is 458 g/mol. The van der Waals surface area contributed by atoms with Gasteiger partial charge >= 0.3 is 7.60 Å². The second-order valence-electron chi connectivity index (χ2n) is 7.14. The zero-order chi connectivity index (χ0) is 17.9. The fourth-order valence-electron chi connectivity index (χ4n) is 2.95. The molecule has 0 aliphatic heterocycles. The summed E-state index contributed by atoms with van der Waals surface area (Å²) >= 11 is 0. The van der Waals surface area contributed by atoms with Crippen LogP contribution in [0.3, 0.4) is 0 Å². The Kier molecular flexibility index (Phi) is 23.7. The molecule has 152 valence electrons. The standard InChI is InChI=1S/C20H43O3P.Mo/c1-3-5-7-9-11-13-15-17-19-23-24(21,22)20-18-16-14-12-10-8-6-4-2;/h3-20H2,1-2H3,(H,21,22);. The monoisotopic (exact) mass is 460 g/mol. The van der Waals surface area contributed by atoms with E-state index in [0.29, 0.717) is 12.8 Å². The van der Waals surface area contributed by atoms with Gasteiger partial charge in [0, 0.05) is 27.2 Å². The molecule has 3 nitrogen and oxygen atoms in total. The molecule has 0 amide bonds. The maximum absolute atomic E-state index is 11.9. The van der Waals surface area contributed by atoms with Gasteiger partial charge in [0.2, 0.25) is 0 Å². The van der Waals surface area contributed by atoms with Crippen molar-refractivity contribution in [2.24, 2.45) is 0 Å². The van der Waals surface area contributed by atoms with Crippen LogP contribution in [0.25, 0.3) is 0 Å². The van der Waals surface area contributed by atoms with Crippen LogP contribution in [0.4, 0.5) is 0 Å². The third-order valence-electron chi connectivity index (χ3n) is 4.59. The Bertz CT molecular complexity index is 301. The van der Waals surface area contributed by atoms with E-state index in [1.165, 1.54) is 77.0 Å². The summed E-state index contributed by atoms with van der Waals surface area (Å²) in [5.41, 5.74) is 0. The molecule has 0 aromatic rings. The molecule has 0 bridgehead atoms. The summed E-state index contributed by atoms with van der Waals surface area (Å²) in [6, 6.07) is 0. The average Bonchev–Trinajstić information content (AvgIpc) is 2.55. The van der Waals surface area contributed by atoms with Crippen molar-refractivity contribution in [3.05, 3.63) is 0 Å². The van der Waals surface area contributed by atoms with Crippen molar-refractivity contribution in [2.45, 2.75) is 117 Å². The molecule has 0 heterocycles. The smallest absolute Gasteiger partial charge is 0.324 e. The van der Waals surface area contributed by atoms with E-state index >= 15 is 0 Å². The zero-order valence-electron chi connectivity index (χ0n) is 16.8. The third-order valence-corrected chi connectivity index (χ3v) is 6.05. The molecule has 0 rings (SSSR count). The van der Waals surface area contributed by atoms with E-state index in [2.05, 4.69) is 13.8 Å². The van der Waals surface area contributed by atoms with Gasteiger partial charge in [-0.1, -0.05) is 104 Å². The Morgan fingerprint density at radius 3 is 1.44 bits per heavy atom. The minimum atomic E-state index is -3.33. The van der Waals surface area contributed by atoms with Crippen molar-refractivity contribution in [3.8, 4) is 0 Å². The fraction of sp³-hybridized carbons (Fsp3) is 1.00. The number of hydrogen-bond acceptors (Lipinski definition) is 2. The van der Waals surface area contributed by atoms with Crippen molar-refractivity contribution in [1.29, 1.82) is 0 Å². The van der Waals surface area contributed by atoms with E-state index < -0.39 is 7.60 Å². The van der Waals surface area contributed by atoms with Crippen LogP contribution in [-0.4, -0.2) is 17.7 Å².